The Morgan fingerprint density at radius 1 is 1.43 bits per heavy atom. The van der Waals surface area contributed by atoms with Crippen LogP contribution in [0.25, 0.3) is 0 Å². The van der Waals surface area contributed by atoms with Crippen molar-refractivity contribution in [3.05, 3.63) is 29.6 Å². The van der Waals surface area contributed by atoms with Gasteiger partial charge >= 0.3 is 6.18 Å². The average molecular weight is 204 g/mol. The number of aromatic nitrogens is 1. The molecule has 0 saturated heterocycles. The van der Waals surface area contributed by atoms with Crippen LogP contribution >= 0.6 is 0 Å². The first-order valence-electron chi connectivity index (χ1n) is 3.61. The molecule has 14 heavy (non-hydrogen) atoms. The maximum absolute atomic E-state index is 12.0. The molecule has 1 rings (SSSR count). The molecule has 0 fully saturated rings. The Kier molecular flexibility index (Phi) is 2.73. The van der Waals surface area contributed by atoms with Crippen molar-refractivity contribution in [3.63, 3.8) is 0 Å². The Hall–Kier alpha value is -1.59. The van der Waals surface area contributed by atoms with Crippen LogP contribution in [0.4, 0.5) is 13.2 Å². The Morgan fingerprint density at radius 2 is 2.07 bits per heavy atom. The van der Waals surface area contributed by atoms with Gasteiger partial charge in [0.05, 0.1) is 5.56 Å². The maximum atomic E-state index is 12.0. The third-order valence-corrected chi connectivity index (χ3v) is 1.48. The first kappa shape index (κ1) is 10.5. The minimum Gasteiger partial charge on any atom is -0.550 e. The number of hydrogen-bond acceptors (Lipinski definition) is 3. The van der Waals surface area contributed by atoms with Crippen molar-refractivity contribution in [2.24, 2.45) is 0 Å². The Labute approximate surface area is 77.2 Å². The average Bonchev–Trinajstić information content (AvgIpc) is 2.02. The first-order valence-corrected chi connectivity index (χ1v) is 3.61. The summed E-state index contributed by atoms with van der Waals surface area (Å²) in [7, 11) is 0. The van der Waals surface area contributed by atoms with Gasteiger partial charge in [0.15, 0.2) is 0 Å². The number of hydrogen-bond donors (Lipinski definition) is 0. The number of aliphatic carboxylic acids is 1. The second-order valence-corrected chi connectivity index (χ2v) is 2.58. The minimum atomic E-state index is -4.45. The Balaban J connectivity index is 2.84. The van der Waals surface area contributed by atoms with Gasteiger partial charge in [0.2, 0.25) is 0 Å². The van der Waals surface area contributed by atoms with Crippen LogP contribution in [0.15, 0.2) is 18.3 Å². The third kappa shape index (κ3) is 2.72. The molecule has 0 aliphatic heterocycles. The fraction of sp³-hybridized carbons (Fsp3) is 0.250. The SMILES string of the molecule is O=C([O-])Cc1ccc(C(F)(F)F)cn1. The van der Waals surface area contributed by atoms with E-state index in [2.05, 4.69) is 4.98 Å². The van der Waals surface area contributed by atoms with E-state index in [1.165, 1.54) is 0 Å². The fourth-order valence-corrected chi connectivity index (χ4v) is 0.845. The molecule has 1 aromatic rings. The fourth-order valence-electron chi connectivity index (χ4n) is 0.845. The van der Waals surface area contributed by atoms with Crippen LogP contribution in [0.1, 0.15) is 11.3 Å². The number of carboxylic acid groups (broad SMARTS) is 1. The van der Waals surface area contributed by atoms with Gasteiger partial charge in [-0.1, -0.05) is 0 Å². The number of carboxylic acids is 1. The van der Waals surface area contributed by atoms with Crippen LogP contribution in [-0.4, -0.2) is 11.0 Å². The summed E-state index contributed by atoms with van der Waals surface area (Å²) in [4.78, 5) is 13.4. The third-order valence-electron chi connectivity index (χ3n) is 1.48. The van der Waals surface area contributed by atoms with Gasteiger partial charge in [-0.05, 0) is 12.1 Å². The van der Waals surface area contributed by atoms with E-state index >= 15 is 0 Å². The van der Waals surface area contributed by atoms with E-state index in [0.717, 1.165) is 12.1 Å². The van der Waals surface area contributed by atoms with Crippen molar-refractivity contribution in [1.82, 2.24) is 4.98 Å². The molecule has 0 radical (unpaired) electrons. The topological polar surface area (TPSA) is 53.0 Å². The van der Waals surface area contributed by atoms with Gasteiger partial charge in [0.1, 0.15) is 0 Å². The molecular weight excluding hydrogens is 199 g/mol. The lowest BCUT2D eigenvalue weighted by molar-refractivity contribution is -0.304. The van der Waals surface area contributed by atoms with Crippen LogP contribution in [0.5, 0.6) is 0 Å². The van der Waals surface area contributed by atoms with Crippen molar-refractivity contribution in [2.45, 2.75) is 12.6 Å². The lowest BCUT2D eigenvalue weighted by Gasteiger charge is -2.06. The zero-order chi connectivity index (χ0) is 10.8. The number of carbonyl (C=O) groups excluding carboxylic acids is 1. The monoisotopic (exact) mass is 204 g/mol. The molecular formula is C8H5F3NO2-. The summed E-state index contributed by atoms with van der Waals surface area (Å²) in [5.74, 6) is -1.38. The molecule has 0 atom stereocenters. The van der Waals surface area contributed by atoms with Crippen LogP contribution in [0.3, 0.4) is 0 Å². The highest BCUT2D eigenvalue weighted by molar-refractivity contribution is 5.67. The van der Waals surface area contributed by atoms with E-state index in [1.54, 1.807) is 0 Å². The number of carbonyl (C=O) groups is 1. The van der Waals surface area contributed by atoms with Crippen molar-refractivity contribution < 1.29 is 23.1 Å². The predicted molar refractivity (Wildman–Crippen MR) is 38.0 cm³/mol. The van der Waals surface area contributed by atoms with E-state index in [0.29, 0.717) is 6.20 Å². The van der Waals surface area contributed by atoms with Crippen molar-refractivity contribution in [3.8, 4) is 0 Å². The highest BCUT2D eigenvalue weighted by atomic mass is 19.4. The summed E-state index contributed by atoms with van der Waals surface area (Å²) in [6.07, 6.45) is -4.34. The zero-order valence-electron chi connectivity index (χ0n) is 6.84. The Bertz CT molecular complexity index is 331. The molecule has 0 saturated carbocycles. The van der Waals surface area contributed by atoms with Gasteiger partial charge in [-0.2, -0.15) is 13.2 Å². The van der Waals surface area contributed by atoms with Crippen LogP contribution < -0.4 is 5.11 Å². The standard InChI is InChI=1S/C8H6F3NO2/c9-8(10,11)5-1-2-6(12-4-5)3-7(13)14/h1-2,4H,3H2,(H,13,14)/p-1. The first-order chi connectivity index (χ1) is 6.39. The molecule has 3 nitrogen and oxygen atoms in total. The van der Waals surface area contributed by atoms with Gasteiger partial charge in [0, 0.05) is 24.3 Å². The molecule has 0 bridgehead atoms. The maximum Gasteiger partial charge on any atom is 0.417 e. The summed E-state index contributed by atoms with van der Waals surface area (Å²) in [5, 5.41) is 10.1. The second kappa shape index (κ2) is 3.65. The highest BCUT2D eigenvalue weighted by Crippen LogP contribution is 2.28. The normalized spacial score (nSPS) is 11.4. The lowest BCUT2D eigenvalue weighted by Crippen LogP contribution is -2.24. The van der Waals surface area contributed by atoms with E-state index in [-0.39, 0.29) is 5.69 Å². The van der Waals surface area contributed by atoms with Crippen molar-refractivity contribution in [2.75, 3.05) is 0 Å². The summed E-state index contributed by atoms with van der Waals surface area (Å²) in [5.41, 5.74) is -0.863. The Morgan fingerprint density at radius 3 is 2.43 bits per heavy atom. The van der Waals surface area contributed by atoms with E-state index in [1.807, 2.05) is 0 Å². The molecule has 76 valence electrons. The van der Waals surface area contributed by atoms with Crippen molar-refractivity contribution >= 4 is 5.97 Å². The number of pyridine rings is 1. The van der Waals surface area contributed by atoms with Gasteiger partial charge in [0.25, 0.3) is 0 Å². The molecule has 0 aliphatic carbocycles. The minimum absolute atomic E-state index is 0.0398. The second-order valence-electron chi connectivity index (χ2n) is 2.58. The molecule has 0 amide bonds. The summed E-state index contributed by atoms with van der Waals surface area (Å²) < 4.78 is 36.0. The quantitative estimate of drug-likeness (QED) is 0.700. The molecule has 0 N–H and O–H groups in total. The largest absolute Gasteiger partial charge is 0.550 e. The smallest absolute Gasteiger partial charge is 0.417 e. The van der Waals surface area contributed by atoms with Crippen LogP contribution in [-0.2, 0) is 17.4 Å². The number of nitrogens with zero attached hydrogens (tertiary/aromatic N) is 1. The molecule has 1 aromatic heterocycles. The zero-order valence-corrected chi connectivity index (χ0v) is 6.84. The van der Waals surface area contributed by atoms with Crippen molar-refractivity contribution in [1.29, 1.82) is 0 Å². The molecule has 0 aliphatic rings. The molecule has 6 heteroatoms. The van der Waals surface area contributed by atoms with Gasteiger partial charge in [-0.25, -0.2) is 0 Å². The predicted octanol–water partition coefficient (Wildman–Crippen LogP) is 0.393. The van der Waals surface area contributed by atoms with Gasteiger partial charge in [-0.15, -0.1) is 0 Å². The van der Waals surface area contributed by atoms with Crippen LogP contribution in [0, 0.1) is 0 Å². The molecule has 0 spiro atoms. The number of rotatable bonds is 2. The van der Waals surface area contributed by atoms with Crippen LogP contribution in [0.2, 0.25) is 0 Å². The molecule has 0 unspecified atom stereocenters. The van der Waals surface area contributed by atoms with Gasteiger partial charge < -0.3 is 9.90 Å². The molecule has 1 heterocycles. The van der Waals surface area contributed by atoms with Gasteiger partial charge in [-0.3, -0.25) is 4.98 Å². The molecule has 0 aromatic carbocycles. The van der Waals surface area contributed by atoms with E-state index in [4.69, 9.17) is 0 Å². The van der Waals surface area contributed by atoms with E-state index in [9.17, 15) is 23.1 Å². The summed E-state index contributed by atoms with van der Waals surface area (Å²) >= 11 is 0. The summed E-state index contributed by atoms with van der Waals surface area (Å²) in [6, 6.07) is 1.80. The highest BCUT2D eigenvalue weighted by Gasteiger charge is 2.30. The van der Waals surface area contributed by atoms with E-state index < -0.39 is 24.1 Å². The lowest BCUT2D eigenvalue weighted by atomic mass is 10.2. The number of halogens is 3. The summed E-state index contributed by atoms with van der Waals surface area (Å²) in [6.45, 7) is 0. The number of alkyl halides is 3.